The average Bonchev–Trinajstić information content (AvgIpc) is 2.80. The molecule has 0 aromatic heterocycles. The lowest BCUT2D eigenvalue weighted by Crippen LogP contribution is -2.03. The highest BCUT2D eigenvalue weighted by Crippen LogP contribution is 2.17. The Morgan fingerprint density at radius 1 is 1.29 bits per heavy atom. The van der Waals surface area contributed by atoms with Crippen LogP contribution in [0, 0.1) is 6.92 Å². The molecule has 0 fully saturated rings. The van der Waals surface area contributed by atoms with Gasteiger partial charge in [0, 0.05) is 5.75 Å². The third kappa shape index (κ3) is 3.10. The van der Waals surface area contributed by atoms with E-state index in [4.69, 9.17) is 0 Å². The van der Waals surface area contributed by atoms with Crippen LogP contribution in [-0.2, 0) is 14.4 Å². The summed E-state index contributed by atoms with van der Waals surface area (Å²) in [5, 5.41) is 4.17. The van der Waals surface area contributed by atoms with Gasteiger partial charge in [0.25, 0.3) is 0 Å². The fourth-order valence-electron chi connectivity index (χ4n) is 1.22. The number of nitrogens with zero attached hydrogens (tertiary/aromatic N) is 1. The van der Waals surface area contributed by atoms with Crippen molar-refractivity contribution < 1.29 is 12.7 Å². The zero-order chi connectivity index (χ0) is 12.3. The van der Waals surface area contributed by atoms with Crippen LogP contribution >= 0.6 is 11.8 Å². The third-order valence-electron chi connectivity index (χ3n) is 2.12. The lowest BCUT2D eigenvalue weighted by molar-refractivity contribution is 0.340. The molecule has 0 saturated carbocycles. The molecule has 0 saturated heterocycles. The van der Waals surface area contributed by atoms with Gasteiger partial charge in [0.1, 0.15) is 9.94 Å². The van der Waals surface area contributed by atoms with E-state index >= 15 is 0 Å². The maximum Gasteiger partial charge on any atom is 0.358 e. The molecule has 0 N–H and O–H groups in total. The smallest absolute Gasteiger partial charge is 0.264 e. The molecule has 1 heterocycles. The van der Waals surface area contributed by atoms with Crippen LogP contribution in [0.15, 0.2) is 46.5 Å². The van der Waals surface area contributed by atoms with Gasteiger partial charge in [-0.25, -0.2) is 0 Å². The molecule has 4 nitrogen and oxygen atoms in total. The second kappa shape index (κ2) is 4.93. The van der Waals surface area contributed by atoms with Gasteiger partial charge in [-0.2, -0.15) is 8.42 Å². The van der Waals surface area contributed by atoms with Crippen LogP contribution in [0.5, 0.6) is 0 Å². The van der Waals surface area contributed by atoms with E-state index in [2.05, 4.69) is 9.44 Å². The van der Waals surface area contributed by atoms with Crippen LogP contribution in [0.3, 0.4) is 0 Å². The van der Waals surface area contributed by atoms with E-state index in [1.54, 1.807) is 18.2 Å². The van der Waals surface area contributed by atoms with Gasteiger partial charge in [0.2, 0.25) is 0 Å². The van der Waals surface area contributed by atoms with Crippen LogP contribution in [0.2, 0.25) is 0 Å². The fraction of sp³-hybridized carbons (Fsp3) is 0.182. The summed E-state index contributed by atoms with van der Waals surface area (Å²) in [6.07, 6.45) is 3.63. The van der Waals surface area contributed by atoms with Crippen LogP contribution in [0.4, 0.5) is 0 Å². The van der Waals surface area contributed by atoms with E-state index in [0.29, 0.717) is 5.04 Å². The predicted molar refractivity (Wildman–Crippen MR) is 68.5 cm³/mol. The van der Waals surface area contributed by atoms with Crippen LogP contribution < -0.4 is 0 Å². The summed E-state index contributed by atoms with van der Waals surface area (Å²) < 4.78 is 28.1. The normalized spacial score (nSPS) is 17.6. The first-order valence-electron chi connectivity index (χ1n) is 4.95. The van der Waals surface area contributed by atoms with Crippen molar-refractivity contribution in [3.05, 3.63) is 42.0 Å². The molecule has 1 aromatic rings. The Hall–Kier alpha value is -1.27. The zero-order valence-electron chi connectivity index (χ0n) is 9.16. The maximum atomic E-state index is 11.7. The second-order valence-electron chi connectivity index (χ2n) is 3.48. The first kappa shape index (κ1) is 12.2. The molecule has 6 heteroatoms. The summed E-state index contributed by atoms with van der Waals surface area (Å²) in [6, 6.07) is 6.44. The predicted octanol–water partition coefficient (Wildman–Crippen LogP) is 2.32. The number of hydrogen-bond donors (Lipinski definition) is 0. The molecule has 1 aliphatic heterocycles. The number of aryl methyl sites for hydroxylation is 1. The standard InChI is InChI=1S/C11H11NO3S2/c1-9-4-6-10(7-5-9)17(13,14)15-12-11-3-2-8-16-11/h2-7H,8H2,1H3/b12-11-. The van der Waals surface area contributed by atoms with Crippen LogP contribution in [0.1, 0.15) is 5.56 Å². The summed E-state index contributed by atoms with van der Waals surface area (Å²) in [6.45, 7) is 1.89. The number of benzene rings is 1. The van der Waals surface area contributed by atoms with Gasteiger partial charge >= 0.3 is 10.1 Å². The maximum absolute atomic E-state index is 11.7. The highest BCUT2D eigenvalue weighted by Gasteiger charge is 2.16. The lowest BCUT2D eigenvalue weighted by atomic mass is 10.2. The molecule has 0 atom stereocenters. The number of oxime groups is 1. The Balaban J connectivity index is 2.16. The average molecular weight is 269 g/mol. The number of thioether (sulfide) groups is 1. The quantitative estimate of drug-likeness (QED) is 0.790. The van der Waals surface area contributed by atoms with Gasteiger partial charge in [0.05, 0.1) is 0 Å². The van der Waals surface area contributed by atoms with Gasteiger partial charge in [-0.05, 0) is 25.1 Å². The fourth-order valence-corrected chi connectivity index (χ4v) is 2.65. The highest BCUT2D eigenvalue weighted by atomic mass is 32.2. The monoisotopic (exact) mass is 269 g/mol. The Labute approximate surface area is 104 Å². The van der Waals surface area contributed by atoms with Crippen molar-refractivity contribution in [2.75, 3.05) is 5.75 Å². The molecule has 17 heavy (non-hydrogen) atoms. The van der Waals surface area contributed by atoms with Crippen molar-refractivity contribution >= 4 is 26.9 Å². The van der Waals surface area contributed by atoms with Crippen LogP contribution in [-0.4, -0.2) is 19.2 Å². The first-order valence-corrected chi connectivity index (χ1v) is 7.35. The van der Waals surface area contributed by atoms with E-state index in [-0.39, 0.29) is 4.90 Å². The molecule has 1 aromatic carbocycles. The first-order chi connectivity index (χ1) is 8.08. The number of hydrogen-bond acceptors (Lipinski definition) is 5. The van der Waals surface area contributed by atoms with Crippen molar-refractivity contribution in [1.82, 2.24) is 0 Å². The Bertz CT molecular complexity index is 559. The van der Waals surface area contributed by atoms with Gasteiger partial charge < -0.3 is 0 Å². The SMILES string of the molecule is Cc1ccc(S(=O)(=O)O/N=C2/C=CCS2)cc1. The van der Waals surface area contributed by atoms with Crippen molar-refractivity contribution in [2.24, 2.45) is 5.16 Å². The Morgan fingerprint density at radius 3 is 2.59 bits per heavy atom. The van der Waals surface area contributed by atoms with Crippen molar-refractivity contribution in [1.29, 1.82) is 0 Å². The van der Waals surface area contributed by atoms with E-state index in [1.807, 2.05) is 13.0 Å². The van der Waals surface area contributed by atoms with Crippen molar-refractivity contribution in [2.45, 2.75) is 11.8 Å². The summed E-state index contributed by atoms with van der Waals surface area (Å²) in [7, 11) is -3.80. The van der Waals surface area contributed by atoms with E-state index in [9.17, 15) is 8.42 Å². The Morgan fingerprint density at radius 2 is 2.00 bits per heavy atom. The third-order valence-corrected chi connectivity index (χ3v) is 4.11. The molecular weight excluding hydrogens is 258 g/mol. The van der Waals surface area contributed by atoms with E-state index in [1.165, 1.54) is 23.9 Å². The van der Waals surface area contributed by atoms with Gasteiger partial charge in [-0.3, -0.25) is 4.28 Å². The van der Waals surface area contributed by atoms with E-state index in [0.717, 1.165) is 11.3 Å². The number of rotatable bonds is 3. The van der Waals surface area contributed by atoms with Gasteiger partial charge in [-0.15, -0.1) is 0 Å². The van der Waals surface area contributed by atoms with E-state index < -0.39 is 10.1 Å². The minimum Gasteiger partial charge on any atom is -0.264 e. The minimum atomic E-state index is -3.80. The summed E-state index contributed by atoms with van der Waals surface area (Å²) >= 11 is 1.43. The second-order valence-corrected chi connectivity index (χ2v) is 6.05. The molecule has 0 spiro atoms. The van der Waals surface area contributed by atoms with Crippen molar-refractivity contribution in [3.8, 4) is 0 Å². The van der Waals surface area contributed by atoms with Crippen molar-refractivity contribution in [3.63, 3.8) is 0 Å². The summed E-state index contributed by atoms with van der Waals surface area (Å²) in [5.41, 5.74) is 0.990. The van der Waals surface area contributed by atoms with Gasteiger partial charge in [-0.1, -0.05) is 40.7 Å². The molecule has 2 rings (SSSR count). The molecule has 90 valence electrons. The molecule has 0 amide bonds. The largest absolute Gasteiger partial charge is 0.358 e. The van der Waals surface area contributed by atoms with Gasteiger partial charge in [0.15, 0.2) is 0 Å². The molecule has 1 aliphatic rings. The molecular formula is C11H11NO3S2. The lowest BCUT2D eigenvalue weighted by Gasteiger charge is -2.02. The summed E-state index contributed by atoms with van der Waals surface area (Å²) in [5.74, 6) is 0.798. The highest BCUT2D eigenvalue weighted by molar-refractivity contribution is 8.14. The molecule has 0 bridgehead atoms. The summed E-state index contributed by atoms with van der Waals surface area (Å²) in [4.78, 5) is 0.111. The van der Waals surface area contributed by atoms with Crippen LogP contribution in [0.25, 0.3) is 0 Å². The topological polar surface area (TPSA) is 55.7 Å². The molecule has 0 radical (unpaired) electrons. The molecule has 0 aliphatic carbocycles. The zero-order valence-corrected chi connectivity index (χ0v) is 10.8. The minimum absolute atomic E-state index is 0.111. The molecule has 0 unspecified atom stereocenters. The Kier molecular flexibility index (Phi) is 3.54.